The molecule has 1 saturated heterocycles. The Labute approximate surface area is 176 Å². The van der Waals surface area contributed by atoms with Crippen LogP contribution < -0.4 is 16.4 Å². The third-order valence-electron chi connectivity index (χ3n) is 4.74. The highest BCUT2D eigenvalue weighted by molar-refractivity contribution is 7.80. The molecule has 1 rings (SSSR count). The molecule has 5 unspecified atom stereocenters. The van der Waals surface area contributed by atoms with Gasteiger partial charge in [-0.3, -0.25) is 14.4 Å². The second-order valence-electron chi connectivity index (χ2n) is 7.73. The van der Waals surface area contributed by atoms with Crippen LogP contribution in [0.25, 0.3) is 0 Å². The topological polar surface area (TPSA) is 162 Å². The van der Waals surface area contributed by atoms with Crippen molar-refractivity contribution in [2.45, 2.75) is 70.3 Å². The zero-order valence-corrected chi connectivity index (χ0v) is 17.9. The zero-order chi connectivity index (χ0) is 22.3. The summed E-state index contributed by atoms with van der Waals surface area (Å²) in [5.74, 6) is -2.88. The molecule has 10 nitrogen and oxygen atoms in total. The van der Waals surface area contributed by atoms with Crippen LogP contribution in [0.4, 0.5) is 0 Å². The lowest BCUT2D eigenvalue weighted by atomic mass is 10.0. The summed E-state index contributed by atoms with van der Waals surface area (Å²) in [7, 11) is 0. The Morgan fingerprint density at radius 3 is 2.28 bits per heavy atom. The molecule has 0 aromatic carbocycles. The fraction of sp³-hybridized carbons (Fsp3) is 0.778. The number of aliphatic hydroxyl groups is 1. The summed E-state index contributed by atoms with van der Waals surface area (Å²) in [6.45, 7) is 5.36. The number of thiol groups is 1. The summed E-state index contributed by atoms with van der Waals surface area (Å²) in [6.07, 6.45) is -0.0279. The largest absolute Gasteiger partial charge is 0.480 e. The number of carbonyl (C=O) groups excluding carboxylic acids is 3. The number of carboxylic acid groups (broad SMARTS) is 1. The van der Waals surface area contributed by atoms with E-state index in [2.05, 4.69) is 23.3 Å². The third-order valence-corrected chi connectivity index (χ3v) is 5.13. The smallest absolute Gasteiger partial charge is 0.326 e. The summed E-state index contributed by atoms with van der Waals surface area (Å²) < 4.78 is 0. The number of aliphatic hydroxyl groups excluding tert-OH is 1. The average Bonchev–Trinajstić information content (AvgIpc) is 3.13. The summed E-state index contributed by atoms with van der Waals surface area (Å²) >= 11 is 3.93. The first-order valence-corrected chi connectivity index (χ1v) is 10.3. The number of nitrogens with two attached hydrogens (primary N) is 1. The molecule has 6 N–H and O–H groups in total. The molecule has 0 spiro atoms. The summed E-state index contributed by atoms with van der Waals surface area (Å²) in [5, 5.41) is 24.2. The van der Waals surface area contributed by atoms with Crippen molar-refractivity contribution in [3.63, 3.8) is 0 Å². The number of carboxylic acids is 1. The first kappa shape index (κ1) is 25.2. The molecule has 3 amide bonds. The molecular formula is C18H32N4O6S. The monoisotopic (exact) mass is 432 g/mol. The van der Waals surface area contributed by atoms with Gasteiger partial charge in [-0.2, -0.15) is 12.6 Å². The van der Waals surface area contributed by atoms with Crippen molar-refractivity contribution >= 4 is 36.3 Å². The molecule has 1 heterocycles. The normalized spacial score (nSPS) is 20.7. The molecule has 0 bridgehead atoms. The number of aliphatic carboxylic acids is 1. The zero-order valence-electron chi connectivity index (χ0n) is 17.0. The fourth-order valence-corrected chi connectivity index (χ4v) is 3.36. The first-order valence-electron chi connectivity index (χ1n) is 9.68. The number of rotatable bonds is 10. The Kier molecular flexibility index (Phi) is 9.87. The Morgan fingerprint density at radius 2 is 1.79 bits per heavy atom. The van der Waals surface area contributed by atoms with Gasteiger partial charge in [0.15, 0.2) is 0 Å². The van der Waals surface area contributed by atoms with Gasteiger partial charge in [-0.1, -0.05) is 13.8 Å². The van der Waals surface area contributed by atoms with E-state index in [4.69, 9.17) is 5.73 Å². The number of nitrogens with one attached hydrogen (secondary N) is 2. The highest BCUT2D eigenvalue weighted by Crippen LogP contribution is 2.20. The lowest BCUT2D eigenvalue weighted by Crippen LogP contribution is -2.60. The van der Waals surface area contributed by atoms with E-state index in [0.29, 0.717) is 19.4 Å². The van der Waals surface area contributed by atoms with Crippen LogP contribution in [0.1, 0.15) is 40.0 Å². The van der Waals surface area contributed by atoms with E-state index in [9.17, 15) is 29.4 Å². The van der Waals surface area contributed by atoms with Crippen LogP contribution in [0.2, 0.25) is 0 Å². The third kappa shape index (κ3) is 7.16. The van der Waals surface area contributed by atoms with E-state index in [1.165, 1.54) is 11.8 Å². The van der Waals surface area contributed by atoms with E-state index >= 15 is 0 Å². The highest BCUT2D eigenvalue weighted by atomic mass is 32.1. The molecule has 0 radical (unpaired) electrons. The summed E-state index contributed by atoms with van der Waals surface area (Å²) in [4.78, 5) is 50.4. The molecule has 5 atom stereocenters. The predicted molar refractivity (Wildman–Crippen MR) is 109 cm³/mol. The van der Waals surface area contributed by atoms with E-state index in [-0.39, 0.29) is 18.1 Å². The van der Waals surface area contributed by atoms with Crippen molar-refractivity contribution in [3.05, 3.63) is 0 Å². The number of likely N-dealkylation sites (tertiary alicyclic amines) is 1. The highest BCUT2D eigenvalue weighted by Gasteiger charge is 2.39. The molecular weight excluding hydrogens is 400 g/mol. The summed E-state index contributed by atoms with van der Waals surface area (Å²) in [6, 6.07) is -4.17. The van der Waals surface area contributed by atoms with Crippen molar-refractivity contribution in [2.75, 3.05) is 12.3 Å². The van der Waals surface area contributed by atoms with Crippen LogP contribution in [0, 0.1) is 5.92 Å². The van der Waals surface area contributed by atoms with Crippen LogP contribution in [-0.4, -0.2) is 81.4 Å². The molecule has 0 aliphatic carbocycles. The number of amides is 3. The van der Waals surface area contributed by atoms with Gasteiger partial charge in [0.2, 0.25) is 17.7 Å². The predicted octanol–water partition coefficient (Wildman–Crippen LogP) is -1.28. The molecule has 0 aromatic rings. The van der Waals surface area contributed by atoms with E-state index < -0.39 is 54.0 Å². The van der Waals surface area contributed by atoms with Crippen LogP contribution >= 0.6 is 12.6 Å². The fourth-order valence-electron chi connectivity index (χ4n) is 3.19. The van der Waals surface area contributed by atoms with Crippen LogP contribution in [0.3, 0.4) is 0 Å². The van der Waals surface area contributed by atoms with Gasteiger partial charge in [-0.25, -0.2) is 4.79 Å². The molecule has 0 saturated carbocycles. The van der Waals surface area contributed by atoms with E-state index in [0.717, 1.165) is 0 Å². The Morgan fingerprint density at radius 1 is 1.17 bits per heavy atom. The van der Waals surface area contributed by atoms with Crippen molar-refractivity contribution in [3.8, 4) is 0 Å². The quantitative estimate of drug-likeness (QED) is 0.234. The van der Waals surface area contributed by atoms with Gasteiger partial charge in [0, 0.05) is 12.3 Å². The maximum absolute atomic E-state index is 13.0. The minimum absolute atomic E-state index is 0.0346. The van der Waals surface area contributed by atoms with Gasteiger partial charge in [0.1, 0.15) is 18.1 Å². The van der Waals surface area contributed by atoms with Crippen molar-refractivity contribution < 1.29 is 29.4 Å². The SMILES string of the molecule is CC(C)CC(NC(=O)C(NC(=O)C(N)CS)C(C)O)C(=O)N1CCCC1C(=O)O. The maximum atomic E-state index is 13.0. The van der Waals surface area contributed by atoms with Gasteiger partial charge in [0.05, 0.1) is 12.1 Å². The van der Waals surface area contributed by atoms with Crippen LogP contribution in [-0.2, 0) is 19.2 Å². The standard InChI is InChI=1S/C18H32N4O6S/c1-9(2)7-12(17(26)22-6-4-5-13(22)18(27)28)20-16(25)14(10(3)23)21-15(24)11(19)8-29/h9-14,23,29H,4-8,19H2,1-3H3,(H,20,25)(H,21,24)(H,27,28). The van der Waals surface area contributed by atoms with Gasteiger partial charge in [-0.15, -0.1) is 0 Å². The number of hydrogen-bond acceptors (Lipinski definition) is 7. The van der Waals surface area contributed by atoms with Gasteiger partial charge in [0.25, 0.3) is 0 Å². The van der Waals surface area contributed by atoms with Crippen molar-refractivity contribution in [1.29, 1.82) is 0 Å². The molecule has 1 aliphatic rings. The molecule has 11 heteroatoms. The minimum Gasteiger partial charge on any atom is -0.480 e. The van der Waals surface area contributed by atoms with Crippen molar-refractivity contribution in [1.82, 2.24) is 15.5 Å². The lowest BCUT2D eigenvalue weighted by Gasteiger charge is -2.30. The second kappa shape index (κ2) is 11.4. The van der Waals surface area contributed by atoms with E-state index in [1.54, 1.807) is 0 Å². The number of nitrogens with zero attached hydrogens (tertiary/aromatic N) is 1. The van der Waals surface area contributed by atoms with Crippen LogP contribution in [0.15, 0.2) is 0 Å². The average molecular weight is 433 g/mol. The van der Waals surface area contributed by atoms with Gasteiger partial charge >= 0.3 is 5.97 Å². The Balaban J connectivity index is 2.97. The molecule has 166 valence electrons. The minimum atomic E-state index is -1.32. The Bertz CT molecular complexity index is 615. The number of hydrogen-bond donors (Lipinski definition) is 6. The second-order valence-corrected chi connectivity index (χ2v) is 8.10. The summed E-state index contributed by atoms with van der Waals surface area (Å²) in [5.41, 5.74) is 5.59. The van der Waals surface area contributed by atoms with Gasteiger partial charge in [-0.05, 0) is 32.1 Å². The van der Waals surface area contributed by atoms with Crippen molar-refractivity contribution in [2.24, 2.45) is 11.7 Å². The van der Waals surface area contributed by atoms with Crippen LogP contribution in [0.5, 0.6) is 0 Å². The Hall–Kier alpha value is -1.85. The number of carbonyl (C=O) groups is 4. The lowest BCUT2D eigenvalue weighted by molar-refractivity contribution is -0.149. The molecule has 1 aliphatic heterocycles. The molecule has 29 heavy (non-hydrogen) atoms. The molecule has 0 aromatic heterocycles. The maximum Gasteiger partial charge on any atom is 0.326 e. The first-order chi connectivity index (χ1) is 13.5. The van der Waals surface area contributed by atoms with E-state index in [1.807, 2.05) is 13.8 Å². The molecule has 1 fully saturated rings. The van der Waals surface area contributed by atoms with Gasteiger partial charge < -0.3 is 31.5 Å².